The highest BCUT2D eigenvalue weighted by molar-refractivity contribution is 4.48. The number of aliphatic hydroxyl groups excluding tert-OH is 1. The van der Waals surface area contributed by atoms with E-state index in [0.717, 1.165) is 6.42 Å². The van der Waals surface area contributed by atoms with E-state index in [-0.39, 0.29) is 0 Å². The summed E-state index contributed by atoms with van der Waals surface area (Å²) in [5, 5.41) is 11.4. The summed E-state index contributed by atoms with van der Waals surface area (Å²) in [4.78, 5) is 0. The Hall–Kier alpha value is -0.0800. The van der Waals surface area contributed by atoms with Gasteiger partial charge in [-0.05, 0) is 20.5 Å². The van der Waals surface area contributed by atoms with Crippen molar-refractivity contribution < 1.29 is 5.11 Å². The molecule has 0 aromatic rings. The zero-order chi connectivity index (χ0) is 15.3. The lowest BCUT2D eigenvalue weighted by Crippen LogP contribution is -1.89. The predicted molar refractivity (Wildman–Crippen MR) is 92.4 cm³/mol. The Morgan fingerprint density at radius 2 is 0.800 bits per heavy atom. The normalized spacial score (nSPS) is 10.2. The molecule has 2 heteroatoms. The minimum atomic E-state index is 0.373. The number of hydrogen-bond acceptors (Lipinski definition) is 2. The minimum absolute atomic E-state index is 0.373. The van der Waals surface area contributed by atoms with Gasteiger partial charge in [-0.3, -0.25) is 0 Å². The lowest BCUT2D eigenvalue weighted by molar-refractivity contribution is 0.282. The summed E-state index contributed by atoms with van der Waals surface area (Å²) in [5.41, 5.74) is 0. The van der Waals surface area contributed by atoms with Crippen LogP contribution in [0.2, 0.25) is 0 Å². The molecule has 0 aliphatic carbocycles. The van der Waals surface area contributed by atoms with E-state index in [4.69, 9.17) is 5.11 Å². The minimum Gasteiger partial charge on any atom is -0.396 e. The SMILES string of the molecule is CCCCCCCCCCCCCCCCO.CNC. The van der Waals surface area contributed by atoms with E-state index >= 15 is 0 Å². The van der Waals surface area contributed by atoms with Gasteiger partial charge in [0.05, 0.1) is 0 Å². The molecule has 0 aromatic heterocycles. The van der Waals surface area contributed by atoms with E-state index in [1.165, 1.54) is 83.5 Å². The number of rotatable bonds is 14. The second-order valence-electron chi connectivity index (χ2n) is 5.82. The third-order valence-corrected chi connectivity index (χ3v) is 3.51. The Labute approximate surface area is 128 Å². The van der Waals surface area contributed by atoms with Gasteiger partial charge in [-0.1, -0.05) is 90.4 Å². The van der Waals surface area contributed by atoms with Crippen molar-refractivity contribution in [3.8, 4) is 0 Å². The molecular formula is C18H41NO. The summed E-state index contributed by atoms with van der Waals surface area (Å²) in [6, 6.07) is 0. The van der Waals surface area contributed by atoms with Crippen LogP contribution in [0.5, 0.6) is 0 Å². The van der Waals surface area contributed by atoms with Crippen molar-refractivity contribution in [1.82, 2.24) is 5.32 Å². The molecule has 0 amide bonds. The number of aliphatic hydroxyl groups is 1. The first kappa shape index (κ1) is 22.2. The van der Waals surface area contributed by atoms with E-state index in [0.29, 0.717) is 6.61 Å². The van der Waals surface area contributed by atoms with Crippen LogP contribution in [0.3, 0.4) is 0 Å². The Bertz CT molecular complexity index is 125. The number of unbranched alkanes of at least 4 members (excludes halogenated alkanes) is 13. The van der Waals surface area contributed by atoms with Crippen molar-refractivity contribution in [2.45, 2.75) is 96.8 Å². The first-order valence-electron chi connectivity index (χ1n) is 9.02. The van der Waals surface area contributed by atoms with Gasteiger partial charge in [0.25, 0.3) is 0 Å². The summed E-state index contributed by atoms with van der Waals surface area (Å²) < 4.78 is 0. The maximum Gasteiger partial charge on any atom is 0.0431 e. The van der Waals surface area contributed by atoms with E-state index in [1.807, 2.05) is 14.1 Å². The largest absolute Gasteiger partial charge is 0.396 e. The smallest absolute Gasteiger partial charge is 0.0431 e. The van der Waals surface area contributed by atoms with E-state index in [2.05, 4.69) is 12.2 Å². The maximum absolute atomic E-state index is 8.64. The van der Waals surface area contributed by atoms with E-state index < -0.39 is 0 Å². The van der Waals surface area contributed by atoms with Gasteiger partial charge >= 0.3 is 0 Å². The fraction of sp³-hybridized carbons (Fsp3) is 1.00. The second-order valence-corrected chi connectivity index (χ2v) is 5.82. The van der Waals surface area contributed by atoms with Crippen LogP contribution in [0.4, 0.5) is 0 Å². The molecule has 0 unspecified atom stereocenters. The van der Waals surface area contributed by atoms with Gasteiger partial charge in [0.15, 0.2) is 0 Å². The first-order valence-corrected chi connectivity index (χ1v) is 9.02. The highest BCUT2D eigenvalue weighted by Gasteiger charge is 1.93. The quantitative estimate of drug-likeness (QED) is 0.425. The summed E-state index contributed by atoms with van der Waals surface area (Å²) >= 11 is 0. The fourth-order valence-electron chi connectivity index (χ4n) is 2.31. The van der Waals surface area contributed by atoms with Crippen molar-refractivity contribution >= 4 is 0 Å². The molecule has 0 radical (unpaired) electrons. The van der Waals surface area contributed by atoms with Gasteiger partial charge in [0.2, 0.25) is 0 Å². The molecular weight excluding hydrogens is 246 g/mol. The molecule has 0 saturated heterocycles. The molecule has 0 bridgehead atoms. The van der Waals surface area contributed by atoms with Crippen LogP contribution in [0.1, 0.15) is 96.8 Å². The third kappa shape index (κ3) is 26.5. The summed E-state index contributed by atoms with van der Waals surface area (Å²) in [6.07, 6.45) is 19.2. The molecule has 0 rings (SSSR count). The Balaban J connectivity index is 0. The molecule has 20 heavy (non-hydrogen) atoms. The Kier molecular flexibility index (Phi) is 26.6. The molecule has 0 fully saturated rings. The summed E-state index contributed by atoms with van der Waals surface area (Å²) in [6.45, 7) is 2.65. The Morgan fingerprint density at radius 3 is 1.05 bits per heavy atom. The molecule has 0 saturated carbocycles. The van der Waals surface area contributed by atoms with Gasteiger partial charge in [-0.25, -0.2) is 0 Å². The third-order valence-electron chi connectivity index (χ3n) is 3.51. The van der Waals surface area contributed by atoms with Crippen LogP contribution >= 0.6 is 0 Å². The maximum atomic E-state index is 8.64. The van der Waals surface area contributed by atoms with Crippen LogP contribution in [-0.4, -0.2) is 25.8 Å². The van der Waals surface area contributed by atoms with Crippen molar-refractivity contribution in [2.75, 3.05) is 20.7 Å². The molecule has 0 aliphatic heterocycles. The monoisotopic (exact) mass is 287 g/mol. The van der Waals surface area contributed by atoms with Crippen LogP contribution in [0, 0.1) is 0 Å². The summed E-state index contributed by atoms with van der Waals surface area (Å²) in [7, 11) is 3.75. The van der Waals surface area contributed by atoms with E-state index in [1.54, 1.807) is 0 Å². The van der Waals surface area contributed by atoms with Crippen molar-refractivity contribution in [1.29, 1.82) is 0 Å². The standard InChI is InChI=1S/C16H34O.C2H7N/c1-2-3-4-5-6-7-8-9-10-11-12-13-14-15-16-17;1-3-2/h17H,2-16H2,1H3;3H,1-2H3. The van der Waals surface area contributed by atoms with Crippen molar-refractivity contribution in [3.05, 3.63) is 0 Å². The van der Waals surface area contributed by atoms with Gasteiger partial charge in [-0.2, -0.15) is 0 Å². The fourth-order valence-corrected chi connectivity index (χ4v) is 2.31. The van der Waals surface area contributed by atoms with Gasteiger partial charge in [0, 0.05) is 6.61 Å². The predicted octanol–water partition coefficient (Wildman–Crippen LogP) is 5.30. The van der Waals surface area contributed by atoms with Crippen LogP contribution < -0.4 is 5.32 Å². The second kappa shape index (κ2) is 24.0. The van der Waals surface area contributed by atoms with Gasteiger partial charge in [-0.15, -0.1) is 0 Å². The van der Waals surface area contributed by atoms with Gasteiger partial charge < -0.3 is 10.4 Å². The zero-order valence-electron chi connectivity index (χ0n) is 14.6. The average Bonchev–Trinajstić information content (AvgIpc) is 2.45. The molecule has 124 valence electrons. The molecule has 0 spiro atoms. The molecule has 0 aromatic carbocycles. The molecule has 2 N–H and O–H groups in total. The Morgan fingerprint density at radius 1 is 0.550 bits per heavy atom. The number of nitrogens with one attached hydrogen (secondary N) is 1. The molecule has 0 atom stereocenters. The lowest BCUT2D eigenvalue weighted by atomic mass is 10.0. The van der Waals surface area contributed by atoms with Gasteiger partial charge in [0.1, 0.15) is 0 Å². The highest BCUT2D eigenvalue weighted by Crippen LogP contribution is 2.12. The highest BCUT2D eigenvalue weighted by atomic mass is 16.2. The van der Waals surface area contributed by atoms with Crippen LogP contribution in [-0.2, 0) is 0 Å². The molecule has 0 heterocycles. The average molecular weight is 288 g/mol. The van der Waals surface area contributed by atoms with Crippen molar-refractivity contribution in [2.24, 2.45) is 0 Å². The topological polar surface area (TPSA) is 32.3 Å². The molecule has 0 aliphatic rings. The van der Waals surface area contributed by atoms with Crippen LogP contribution in [0.25, 0.3) is 0 Å². The first-order chi connectivity index (χ1) is 9.83. The van der Waals surface area contributed by atoms with Crippen LogP contribution in [0.15, 0.2) is 0 Å². The molecule has 2 nitrogen and oxygen atoms in total. The number of hydrogen-bond donors (Lipinski definition) is 2. The lowest BCUT2D eigenvalue weighted by Gasteiger charge is -2.02. The summed E-state index contributed by atoms with van der Waals surface area (Å²) in [5.74, 6) is 0. The zero-order valence-corrected chi connectivity index (χ0v) is 14.6. The van der Waals surface area contributed by atoms with Crippen molar-refractivity contribution in [3.63, 3.8) is 0 Å². The van der Waals surface area contributed by atoms with E-state index in [9.17, 15) is 0 Å².